The largest absolute Gasteiger partial charge is 0.481 e. The Hall–Kier alpha value is -1.95. The van der Waals surface area contributed by atoms with Gasteiger partial charge < -0.3 is 15.0 Å². The predicted octanol–water partition coefficient (Wildman–Crippen LogP) is 2.29. The van der Waals surface area contributed by atoms with Crippen molar-refractivity contribution in [3.8, 4) is 0 Å². The topological polar surface area (TPSA) is 69.2 Å². The lowest BCUT2D eigenvalue weighted by atomic mass is 9.81. The first-order chi connectivity index (χ1) is 10.5. The van der Waals surface area contributed by atoms with Gasteiger partial charge in [-0.05, 0) is 50.0 Å². The second-order valence-electron chi connectivity index (χ2n) is 6.22. The molecule has 1 aromatic carbocycles. The molecular weight excluding hydrogens is 285 g/mol. The molecule has 0 spiro atoms. The van der Waals surface area contributed by atoms with Crippen molar-refractivity contribution < 1.29 is 14.3 Å². The molecular formula is C16H20FN3O2. The summed E-state index contributed by atoms with van der Waals surface area (Å²) in [5.41, 5.74) is 1.43. The average Bonchev–Trinajstić information content (AvgIpc) is 2.83. The number of carboxylic acid groups (broad SMARTS) is 1. The molecule has 2 aromatic rings. The number of aromatic nitrogens is 2. The number of imidazole rings is 1. The van der Waals surface area contributed by atoms with Gasteiger partial charge in [0.05, 0.1) is 11.0 Å². The monoisotopic (exact) mass is 305 g/mol. The predicted molar refractivity (Wildman–Crippen MR) is 81.1 cm³/mol. The zero-order valence-electron chi connectivity index (χ0n) is 12.6. The Labute approximate surface area is 128 Å². The van der Waals surface area contributed by atoms with Crippen molar-refractivity contribution in [3.05, 3.63) is 29.8 Å². The van der Waals surface area contributed by atoms with Gasteiger partial charge in [-0.1, -0.05) is 0 Å². The molecule has 1 aliphatic heterocycles. The quantitative estimate of drug-likeness (QED) is 0.909. The molecule has 2 N–H and O–H groups in total. The number of rotatable bonds is 4. The molecule has 3 rings (SSSR count). The molecule has 2 heterocycles. The minimum Gasteiger partial charge on any atom is -0.481 e. The number of aromatic amines is 1. The summed E-state index contributed by atoms with van der Waals surface area (Å²) in [5.74, 6) is 0.185. The van der Waals surface area contributed by atoms with E-state index in [1.54, 1.807) is 6.07 Å². The molecule has 22 heavy (non-hydrogen) atoms. The van der Waals surface area contributed by atoms with Crippen molar-refractivity contribution >= 4 is 17.0 Å². The van der Waals surface area contributed by atoms with Crippen LogP contribution >= 0.6 is 0 Å². The zero-order chi connectivity index (χ0) is 15.7. The number of nitrogens with zero attached hydrogens (tertiary/aromatic N) is 2. The average molecular weight is 305 g/mol. The normalized spacial score (nSPS) is 23.0. The molecule has 5 nitrogen and oxygen atoms in total. The maximum Gasteiger partial charge on any atom is 0.303 e. The van der Waals surface area contributed by atoms with Crippen LogP contribution in [0.25, 0.3) is 11.0 Å². The van der Waals surface area contributed by atoms with Crippen LogP contribution in [0.3, 0.4) is 0 Å². The van der Waals surface area contributed by atoms with Crippen molar-refractivity contribution in [1.82, 2.24) is 14.9 Å². The van der Waals surface area contributed by atoms with Gasteiger partial charge >= 0.3 is 5.97 Å². The molecule has 0 bridgehead atoms. The number of nitrogens with one attached hydrogen (secondary N) is 1. The molecule has 0 amide bonds. The van der Waals surface area contributed by atoms with Crippen molar-refractivity contribution in [2.24, 2.45) is 11.8 Å². The Morgan fingerprint density at radius 3 is 3.09 bits per heavy atom. The van der Waals surface area contributed by atoms with Gasteiger partial charge in [0.15, 0.2) is 0 Å². The lowest BCUT2D eigenvalue weighted by Crippen LogP contribution is -2.40. The highest BCUT2D eigenvalue weighted by molar-refractivity contribution is 5.74. The van der Waals surface area contributed by atoms with Gasteiger partial charge in [-0.15, -0.1) is 0 Å². The molecule has 0 aliphatic carbocycles. The number of benzene rings is 1. The summed E-state index contributed by atoms with van der Waals surface area (Å²) in [6, 6.07) is 4.49. The highest BCUT2D eigenvalue weighted by Crippen LogP contribution is 2.29. The van der Waals surface area contributed by atoms with Gasteiger partial charge in [-0.25, -0.2) is 9.37 Å². The number of piperidine rings is 1. The molecule has 1 saturated heterocycles. The summed E-state index contributed by atoms with van der Waals surface area (Å²) in [6.07, 6.45) is 1.79. The molecule has 2 unspecified atom stereocenters. The standard InChI is InChI=1S/C16H20FN3O2/c1-20-5-4-10(7-16(21)22)11(9-20)6-15-18-13-3-2-12(17)8-14(13)19-15/h2-3,8,10-11H,4-7,9H2,1H3,(H,18,19)(H,21,22). The summed E-state index contributed by atoms with van der Waals surface area (Å²) >= 11 is 0. The number of H-pyrrole nitrogens is 1. The highest BCUT2D eigenvalue weighted by Gasteiger charge is 2.30. The molecule has 6 heteroatoms. The fraction of sp³-hybridized carbons (Fsp3) is 0.500. The summed E-state index contributed by atoms with van der Waals surface area (Å²) in [5, 5.41) is 9.08. The van der Waals surface area contributed by atoms with E-state index in [0.717, 1.165) is 30.9 Å². The first kappa shape index (κ1) is 15.0. The Morgan fingerprint density at radius 1 is 1.50 bits per heavy atom. The van der Waals surface area contributed by atoms with Crippen LogP contribution in [0.5, 0.6) is 0 Å². The van der Waals surface area contributed by atoms with E-state index < -0.39 is 5.97 Å². The van der Waals surface area contributed by atoms with E-state index >= 15 is 0 Å². The lowest BCUT2D eigenvalue weighted by Gasteiger charge is -2.35. The number of carboxylic acids is 1. The SMILES string of the molecule is CN1CCC(CC(=O)O)C(Cc2nc3ccc(F)cc3[nH]2)C1. The van der Waals surface area contributed by atoms with E-state index in [0.29, 0.717) is 11.9 Å². The number of hydrogen-bond acceptors (Lipinski definition) is 3. The van der Waals surface area contributed by atoms with Gasteiger partial charge in [0.25, 0.3) is 0 Å². The van der Waals surface area contributed by atoms with E-state index in [-0.39, 0.29) is 24.1 Å². The molecule has 0 saturated carbocycles. The van der Waals surface area contributed by atoms with Gasteiger partial charge in [0.2, 0.25) is 0 Å². The van der Waals surface area contributed by atoms with E-state index in [1.165, 1.54) is 12.1 Å². The van der Waals surface area contributed by atoms with Crippen LogP contribution in [-0.2, 0) is 11.2 Å². The Morgan fingerprint density at radius 2 is 2.32 bits per heavy atom. The molecule has 2 atom stereocenters. The van der Waals surface area contributed by atoms with Crippen LogP contribution in [0.4, 0.5) is 4.39 Å². The second kappa shape index (κ2) is 6.04. The number of halogens is 1. The first-order valence-corrected chi connectivity index (χ1v) is 7.56. The van der Waals surface area contributed by atoms with Gasteiger partial charge in [-0.2, -0.15) is 0 Å². The van der Waals surface area contributed by atoms with Crippen LogP contribution in [0.1, 0.15) is 18.7 Å². The van der Waals surface area contributed by atoms with E-state index in [9.17, 15) is 9.18 Å². The lowest BCUT2D eigenvalue weighted by molar-refractivity contribution is -0.139. The van der Waals surface area contributed by atoms with Crippen LogP contribution in [-0.4, -0.2) is 46.1 Å². The van der Waals surface area contributed by atoms with Crippen LogP contribution in [0.2, 0.25) is 0 Å². The Balaban J connectivity index is 1.79. The number of likely N-dealkylation sites (tertiary alicyclic amines) is 1. The molecule has 0 radical (unpaired) electrons. The smallest absolute Gasteiger partial charge is 0.303 e. The minimum atomic E-state index is -0.744. The van der Waals surface area contributed by atoms with Crippen molar-refractivity contribution in [2.75, 3.05) is 20.1 Å². The third kappa shape index (κ3) is 3.27. The highest BCUT2D eigenvalue weighted by atomic mass is 19.1. The van der Waals surface area contributed by atoms with Crippen molar-refractivity contribution in [3.63, 3.8) is 0 Å². The Kier molecular flexibility index (Phi) is 4.11. The number of aliphatic carboxylic acids is 1. The summed E-state index contributed by atoms with van der Waals surface area (Å²) in [4.78, 5) is 20.9. The van der Waals surface area contributed by atoms with Crippen molar-refractivity contribution in [1.29, 1.82) is 0 Å². The summed E-state index contributed by atoms with van der Waals surface area (Å²) < 4.78 is 13.2. The van der Waals surface area contributed by atoms with Gasteiger partial charge in [-0.3, -0.25) is 4.79 Å². The van der Waals surface area contributed by atoms with Crippen LogP contribution < -0.4 is 0 Å². The van der Waals surface area contributed by atoms with E-state index in [1.807, 2.05) is 0 Å². The van der Waals surface area contributed by atoms with Gasteiger partial charge in [0, 0.05) is 19.4 Å². The van der Waals surface area contributed by atoms with E-state index in [4.69, 9.17) is 5.11 Å². The number of fused-ring (bicyclic) bond motifs is 1. The third-order valence-electron chi connectivity index (χ3n) is 4.48. The maximum atomic E-state index is 13.2. The summed E-state index contributed by atoms with van der Waals surface area (Å²) in [6.45, 7) is 1.79. The fourth-order valence-electron chi connectivity index (χ4n) is 3.37. The summed E-state index contributed by atoms with van der Waals surface area (Å²) in [7, 11) is 2.05. The molecule has 118 valence electrons. The second-order valence-corrected chi connectivity index (χ2v) is 6.22. The molecule has 1 aromatic heterocycles. The fourth-order valence-corrected chi connectivity index (χ4v) is 3.37. The molecule has 1 fully saturated rings. The number of carbonyl (C=O) groups is 1. The van der Waals surface area contributed by atoms with Crippen LogP contribution in [0.15, 0.2) is 18.2 Å². The minimum absolute atomic E-state index is 0.165. The van der Waals surface area contributed by atoms with E-state index in [2.05, 4.69) is 21.9 Å². The number of hydrogen-bond donors (Lipinski definition) is 2. The first-order valence-electron chi connectivity index (χ1n) is 7.56. The third-order valence-corrected chi connectivity index (χ3v) is 4.48. The zero-order valence-corrected chi connectivity index (χ0v) is 12.6. The van der Waals surface area contributed by atoms with Crippen LogP contribution in [0, 0.1) is 17.7 Å². The Bertz CT molecular complexity index is 685. The maximum absolute atomic E-state index is 13.2. The molecule has 1 aliphatic rings. The van der Waals surface area contributed by atoms with Gasteiger partial charge in [0.1, 0.15) is 11.6 Å². The van der Waals surface area contributed by atoms with Crippen molar-refractivity contribution in [2.45, 2.75) is 19.3 Å².